The van der Waals surface area contributed by atoms with E-state index in [1.165, 1.54) is 0 Å². The maximum Gasteiger partial charge on any atom is 0.263 e. The molecule has 2 aromatic carbocycles. The van der Waals surface area contributed by atoms with Crippen molar-refractivity contribution < 1.29 is 17.9 Å². The van der Waals surface area contributed by atoms with Gasteiger partial charge < -0.3 is 9.64 Å². The van der Waals surface area contributed by atoms with Crippen LogP contribution in [0.2, 0.25) is 0 Å². The van der Waals surface area contributed by atoms with Gasteiger partial charge in [-0.15, -0.1) is 0 Å². The summed E-state index contributed by atoms with van der Waals surface area (Å²) in [6.07, 6.45) is 0.115. The molecule has 0 radical (unpaired) electrons. The number of carbonyl (C=O) groups excluding carboxylic acids is 1. The van der Waals surface area contributed by atoms with Crippen molar-refractivity contribution >= 4 is 32.5 Å². The van der Waals surface area contributed by atoms with Crippen molar-refractivity contribution in [3.8, 4) is 0 Å². The molecule has 3 aromatic rings. The van der Waals surface area contributed by atoms with Crippen LogP contribution in [-0.2, 0) is 26.0 Å². The van der Waals surface area contributed by atoms with Crippen LogP contribution >= 0.6 is 0 Å². The van der Waals surface area contributed by atoms with Crippen molar-refractivity contribution in [3.63, 3.8) is 0 Å². The zero-order chi connectivity index (χ0) is 20.3. The number of benzene rings is 2. The topological polar surface area (TPSA) is 88.6 Å². The fourth-order valence-corrected chi connectivity index (χ4v) is 4.57. The number of aromatic nitrogens is 1. The molecule has 1 aliphatic heterocycles. The van der Waals surface area contributed by atoms with E-state index in [0.29, 0.717) is 37.4 Å². The Morgan fingerprint density at radius 2 is 1.72 bits per heavy atom. The van der Waals surface area contributed by atoms with Gasteiger partial charge in [0.25, 0.3) is 10.0 Å². The van der Waals surface area contributed by atoms with Crippen LogP contribution in [0.25, 0.3) is 10.8 Å². The lowest BCUT2D eigenvalue weighted by Crippen LogP contribution is -2.41. The number of pyridine rings is 1. The van der Waals surface area contributed by atoms with Gasteiger partial charge in [0.05, 0.1) is 30.2 Å². The van der Waals surface area contributed by atoms with Crippen molar-refractivity contribution in [1.29, 1.82) is 0 Å². The molecule has 1 fully saturated rings. The molecule has 1 aliphatic rings. The molecular weight excluding hydrogens is 390 g/mol. The highest BCUT2D eigenvalue weighted by Crippen LogP contribution is 2.24. The first kappa shape index (κ1) is 19.4. The lowest BCUT2D eigenvalue weighted by molar-refractivity contribution is -0.134. The van der Waals surface area contributed by atoms with Crippen molar-refractivity contribution in [2.45, 2.75) is 11.3 Å². The van der Waals surface area contributed by atoms with E-state index in [9.17, 15) is 13.2 Å². The average Bonchev–Trinajstić information content (AvgIpc) is 2.74. The van der Waals surface area contributed by atoms with Gasteiger partial charge in [0.15, 0.2) is 0 Å². The van der Waals surface area contributed by atoms with Gasteiger partial charge in [-0.05, 0) is 23.6 Å². The van der Waals surface area contributed by atoms with E-state index in [1.807, 2.05) is 18.2 Å². The Hall–Kier alpha value is -2.97. The van der Waals surface area contributed by atoms with Crippen molar-refractivity contribution in [2.75, 3.05) is 31.0 Å². The second kappa shape index (κ2) is 8.18. The van der Waals surface area contributed by atoms with E-state index in [1.54, 1.807) is 47.4 Å². The monoisotopic (exact) mass is 411 g/mol. The zero-order valence-corrected chi connectivity index (χ0v) is 16.6. The number of ether oxygens (including phenoxy) is 1. The first-order valence-electron chi connectivity index (χ1n) is 9.35. The Bertz CT molecular complexity index is 1140. The minimum Gasteiger partial charge on any atom is -0.378 e. The van der Waals surface area contributed by atoms with Gasteiger partial charge >= 0.3 is 0 Å². The molecular formula is C21H21N3O4S. The number of anilines is 1. The van der Waals surface area contributed by atoms with Crippen LogP contribution in [0.1, 0.15) is 5.69 Å². The van der Waals surface area contributed by atoms with Gasteiger partial charge in [-0.2, -0.15) is 0 Å². The highest BCUT2D eigenvalue weighted by atomic mass is 32.2. The van der Waals surface area contributed by atoms with Crippen LogP contribution in [0.5, 0.6) is 0 Å². The maximum absolute atomic E-state index is 13.0. The van der Waals surface area contributed by atoms with E-state index >= 15 is 0 Å². The molecule has 0 bridgehead atoms. The number of rotatable bonds is 5. The predicted octanol–water partition coefficient (Wildman–Crippen LogP) is 2.44. The van der Waals surface area contributed by atoms with Gasteiger partial charge in [0.1, 0.15) is 5.82 Å². The third-order valence-corrected chi connectivity index (χ3v) is 6.19. The lowest BCUT2D eigenvalue weighted by atomic mass is 10.1. The molecule has 150 valence electrons. The first-order chi connectivity index (χ1) is 14.0. The first-order valence-corrected chi connectivity index (χ1v) is 10.8. The van der Waals surface area contributed by atoms with E-state index in [4.69, 9.17) is 4.74 Å². The standard InChI is InChI=1S/C21H21N3O4S/c25-21(24-11-13-28-14-12-24)15-17-7-4-10-20(22-17)23-29(26,27)19-9-3-6-16-5-1-2-8-18(16)19/h1-10H,11-15H2,(H,22,23). The molecule has 0 unspecified atom stereocenters. The maximum atomic E-state index is 13.0. The summed E-state index contributed by atoms with van der Waals surface area (Å²) < 4.78 is 33.7. The number of fused-ring (bicyclic) bond motifs is 1. The third kappa shape index (κ3) is 4.38. The molecule has 0 aliphatic carbocycles. The van der Waals surface area contributed by atoms with Gasteiger partial charge in [0, 0.05) is 18.5 Å². The van der Waals surface area contributed by atoms with Gasteiger partial charge in [-0.3, -0.25) is 9.52 Å². The Balaban J connectivity index is 1.54. The fraction of sp³-hybridized carbons (Fsp3) is 0.238. The van der Waals surface area contributed by atoms with Crippen LogP contribution in [-0.4, -0.2) is 50.5 Å². The quantitative estimate of drug-likeness (QED) is 0.697. The van der Waals surface area contributed by atoms with Crippen molar-refractivity contribution in [2.24, 2.45) is 0 Å². The van der Waals surface area contributed by atoms with E-state index in [2.05, 4.69) is 9.71 Å². The molecule has 8 heteroatoms. The Labute approximate surface area is 169 Å². The summed E-state index contributed by atoms with van der Waals surface area (Å²) in [7, 11) is -3.83. The predicted molar refractivity (Wildman–Crippen MR) is 110 cm³/mol. The lowest BCUT2D eigenvalue weighted by Gasteiger charge is -2.26. The van der Waals surface area contributed by atoms with Gasteiger partial charge in [0.2, 0.25) is 5.91 Å². The summed E-state index contributed by atoms with van der Waals surface area (Å²) in [4.78, 5) is 18.7. The number of nitrogens with one attached hydrogen (secondary N) is 1. The van der Waals surface area contributed by atoms with Crippen LogP contribution in [0.4, 0.5) is 5.82 Å². The molecule has 1 saturated heterocycles. The minimum absolute atomic E-state index is 0.0464. The van der Waals surface area contributed by atoms with E-state index < -0.39 is 10.0 Å². The summed E-state index contributed by atoms with van der Waals surface area (Å²) in [6.45, 7) is 2.19. The Morgan fingerprint density at radius 3 is 2.55 bits per heavy atom. The van der Waals surface area contributed by atoms with E-state index in [0.717, 1.165) is 5.39 Å². The molecule has 1 N–H and O–H groups in total. The highest BCUT2D eigenvalue weighted by molar-refractivity contribution is 7.93. The SMILES string of the molecule is O=C(Cc1cccc(NS(=O)(=O)c2cccc3ccccc23)n1)N1CCOCC1. The summed E-state index contributed by atoms with van der Waals surface area (Å²) in [6, 6.07) is 17.4. The summed E-state index contributed by atoms with van der Waals surface area (Å²) in [5.74, 6) is 0.139. The normalized spacial score (nSPS) is 14.7. The summed E-state index contributed by atoms with van der Waals surface area (Å²) in [5, 5.41) is 1.48. The molecule has 1 aromatic heterocycles. The molecule has 1 amide bonds. The van der Waals surface area contributed by atoms with Crippen molar-refractivity contribution in [3.05, 3.63) is 66.4 Å². The van der Waals surface area contributed by atoms with Crippen LogP contribution in [0.15, 0.2) is 65.6 Å². The summed E-state index contributed by atoms with van der Waals surface area (Å²) >= 11 is 0. The number of sulfonamides is 1. The molecule has 0 atom stereocenters. The van der Waals surface area contributed by atoms with Crippen molar-refractivity contribution in [1.82, 2.24) is 9.88 Å². The second-order valence-electron chi connectivity index (χ2n) is 6.77. The molecule has 7 nitrogen and oxygen atoms in total. The smallest absolute Gasteiger partial charge is 0.263 e. The molecule has 2 heterocycles. The number of carbonyl (C=O) groups is 1. The minimum atomic E-state index is -3.83. The zero-order valence-electron chi connectivity index (χ0n) is 15.7. The number of nitrogens with zero attached hydrogens (tertiary/aromatic N) is 2. The number of morpholine rings is 1. The number of amides is 1. The molecule has 29 heavy (non-hydrogen) atoms. The fourth-order valence-electron chi connectivity index (χ4n) is 3.34. The van der Waals surface area contributed by atoms with Crippen LogP contribution < -0.4 is 4.72 Å². The van der Waals surface area contributed by atoms with Gasteiger partial charge in [-0.25, -0.2) is 13.4 Å². The van der Waals surface area contributed by atoms with E-state index in [-0.39, 0.29) is 23.0 Å². The Kier molecular flexibility index (Phi) is 5.46. The highest BCUT2D eigenvalue weighted by Gasteiger charge is 2.20. The molecule has 0 spiro atoms. The Morgan fingerprint density at radius 1 is 1.00 bits per heavy atom. The largest absolute Gasteiger partial charge is 0.378 e. The van der Waals surface area contributed by atoms with Gasteiger partial charge in [-0.1, -0.05) is 42.5 Å². The average molecular weight is 411 g/mol. The van der Waals surface area contributed by atoms with Crippen LogP contribution in [0.3, 0.4) is 0 Å². The number of hydrogen-bond donors (Lipinski definition) is 1. The van der Waals surface area contributed by atoms with Crippen LogP contribution in [0, 0.1) is 0 Å². The molecule has 0 saturated carbocycles. The number of hydrogen-bond acceptors (Lipinski definition) is 5. The third-order valence-electron chi connectivity index (χ3n) is 4.78. The second-order valence-corrected chi connectivity index (χ2v) is 8.42. The summed E-state index contributed by atoms with van der Waals surface area (Å²) in [5.41, 5.74) is 0.514. The molecule has 4 rings (SSSR count).